The lowest BCUT2D eigenvalue weighted by Crippen LogP contribution is -1.98. The van der Waals surface area contributed by atoms with Crippen molar-refractivity contribution in [2.45, 2.75) is 11.5 Å². The van der Waals surface area contributed by atoms with Crippen molar-refractivity contribution < 1.29 is 8.42 Å². The second kappa shape index (κ2) is 3.22. The summed E-state index contributed by atoms with van der Waals surface area (Å²) in [7, 11) is -2.87. The molecule has 0 radical (unpaired) electrons. The molecule has 4 heteroatoms. The first-order valence-corrected chi connectivity index (χ1v) is 6.92. The zero-order chi connectivity index (χ0) is 11.2. The Labute approximate surface area is 94.3 Å². The predicted molar refractivity (Wildman–Crippen MR) is 62.1 cm³/mol. The molecule has 0 fully saturated rings. The molecule has 0 spiro atoms. The maximum atomic E-state index is 11.4. The van der Waals surface area contributed by atoms with Gasteiger partial charge in [0.2, 0.25) is 0 Å². The molecule has 1 aromatic carbocycles. The lowest BCUT2D eigenvalue weighted by molar-refractivity contribution is 0.597. The molecule has 3 rings (SSSR count). The van der Waals surface area contributed by atoms with Crippen LogP contribution < -0.4 is 0 Å². The van der Waals surface area contributed by atoms with E-state index in [1.807, 2.05) is 47.3 Å². The second-order valence-electron chi connectivity index (χ2n) is 4.08. The molecule has 1 aliphatic rings. The van der Waals surface area contributed by atoms with Crippen LogP contribution in [0.4, 0.5) is 0 Å². The SMILES string of the molecule is O=S1(=O)Cc2cn(-c3ccccc3)cc2C1. The van der Waals surface area contributed by atoms with Crippen LogP contribution in [-0.4, -0.2) is 13.0 Å². The molecule has 0 unspecified atom stereocenters. The van der Waals surface area contributed by atoms with Crippen LogP contribution in [0, 0.1) is 0 Å². The number of hydrogen-bond acceptors (Lipinski definition) is 2. The van der Waals surface area contributed by atoms with E-state index in [0.717, 1.165) is 16.8 Å². The summed E-state index contributed by atoms with van der Waals surface area (Å²) in [4.78, 5) is 0. The number of para-hydroxylation sites is 1. The summed E-state index contributed by atoms with van der Waals surface area (Å²) in [5, 5.41) is 0. The maximum absolute atomic E-state index is 11.4. The molecule has 0 aliphatic carbocycles. The van der Waals surface area contributed by atoms with Gasteiger partial charge in [-0.3, -0.25) is 0 Å². The van der Waals surface area contributed by atoms with Gasteiger partial charge >= 0.3 is 0 Å². The van der Waals surface area contributed by atoms with Gasteiger partial charge in [0.05, 0.1) is 11.5 Å². The molecule has 2 aromatic rings. The normalized spacial score (nSPS) is 17.2. The highest BCUT2D eigenvalue weighted by atomic mass is 32.2. The van der Waals surface area contributed by atoms with Gasteiger partial charge in [0.15, 0.2) is 9.84 Å². The van der Waals surface area contributed by atoms with Gasteiger partial charge in [-0.1, -0.05) is 18.2 Å². The van der Waals surface area contributed by atoms with Gasteiger partial charge in [-0.2, -0.15) is 0 Å². The van der Waals surface area contributed by atoms with Gasteiger partial charge in [-0.25, -0.2) is 8.42 Å². The molecule has 0 saturated heterocycles. The van der Waals surface area contributed by atoms with E-state index in [4.69, 9.17) is 0 Å². The summed E-state index contributed by atoms with van der Waals surface area (Å²) in [6.45, 7) is 0. The molecule has 1 aliphatic heterocycles. The molecule has 0 amide bonds. The van der Waals surface area contributed by atoms with E-state index in [9.17, 15) is 8.42 Å². The van der Waals surface area contributed by atoms with Gasteiger partial charge in [-0.05, 0) is 23.3 Å². The van der Waals surface area contributed by atoms with Gasteiger partial charge in [0.25, 0.3) is 0 Å². The van der Waals surface area contributed by atoms with Crippen LogP contribution in [-0.2, 0) is 21.3 Å². The Bertz CT molecular complexity index is 597. The number of benzene rings is 1. The molecule has 0 atom stereocenters. The third kappa shape index (κ3) is 1.55. The molecular weight excluding hydrogens is 222 g/mol. The highest BCUT2D eigenvalue weighted by Gasteiger charge is 2.26. The average molecular weight is 233 g/mol. The van der Waals surface area contributed by atoms with E-state index >= 15 is 0 Å². The van der Waals surface area contributed by atoms with Crippen molar-refractivity contribution in [3.8, 4) is 5.69 Å². The standard InChI is InChI=1S/C12H11NO2S/c14-16(15)8-10-6-13(7-11(10)9-16)12-4-2-1-3-5-12/h1-7H,8-9H2. The highest BCUT2D eigenvalue weighted by Crippen LogP contribution is 2.27. The average Bonchev–Trinajstić information content (AvgIpc) is 2.72. The van der Waals surface area contributed by atoms with Gasteiger partial charge < -0.3 is 4.57 Å². The van der Waals surface area contributed by atoms with Crippen LogP contribution in [0.25, 0.3) is 5.69 Å². The topological polar surface area (TPSA) is 39.1 Å². The lowest BCUT2D eigenvalue weighted by Gasteiger charge is -2.02. The first-order chi connectivity index (χ1) is 7.64. The fourth-order valence-electron chi connectivity index (χ4n) is 2.07. The van der Waals surface area contributed by atoms with Gasteiger partial charge in [-0.15, -0.1) is 0 Å². The number of hydrogen-bond donors (Lipinski definition) is 0. The van der Waals surface area contributed by atoms with E-state index in [2.05, 4.69) is 0 Å². The predicted octanol–water partition coefficient (Wildman–Crippen LogP) is 1.91. The van der Waals surface area contributed by atoms with Crippen LogP contribution in [0.3, 0.4) is 0 Å². The largest absolute Gasteiger partial charge is 0.323 e. The fourth-order valence-corrected chi connectivity index (χ4v) is 3.64. The molecule has 82 valence electrons. The number of fused-ring (bicyclic) bond motifs is 1. The Morgan fingerprint density at radius 2 is 1.50 bits per heavy atom. The van der Waals surface area contributed by atoms with Crippen molar-refractivity contribution in [2.24, 2.45) is 0 Å². The number of nitrogens with zero attached hydrogens (tertiary/aromatic N) is 1. The molecule has 0 saturated carbocycles. The van der Waals surface area contributed by atoms with Crippen LogP contribution >= 0.6 is 0 Å². The third-order valence-electron chi connectivity index (χ3n) is 2.81. The summed E-state index contributed by atoms with van der Waals surface area (Å²) in [5.41, 5.74) is 2.93. The van der Waals surface area contributed by atoms with Crippen LogP contribution in [0.2, 0.25) is 0 Å². The quantitative estimate of drug-likeness (QED) is 0.754. The second-order valence-corrected chi connectivity index (χ2v) is 6.15. The van der Waals surface area contributed by atoms with Crippen LogP contribution in [0.15, 0.2) is 42.7 Å². The van der Waals surface area contributed by atoms with Gasteiger partial charge in [0.1, 0.15) is 0 Å². The van der Waals surface area contributed by atoms with Gasteiger partial charge in [0, 0.05) is 18.1 Å². The van der Waals surface area contributed by atoms with Crippen molar-refractivity contribution in [1.29, 1.82) is 0 Å². The van der Waals surface area contributed by atoms with Crippen molar-refractivity contribution in [3.05, 3.63) is 53.9 Å². The Balaban J connectivity index is 2.04. The first-order valence-electron chi connectivity index (χ1n) is 5.10. The monoisotopic (exact) mass is 233 g/mol. The third-order valence-corrected chi connectivity index (χ3v) is 4.31. The summed E-state index contributed by atoms with van der Waals surface area (Å²) in [5.74, 6) is 0.365. The Kier molecular flexibility index (Phi) is 1.94. The molecule has 2 heterocycles. The number of rotatable bonds is 1. The molecule has 1 aromatic heterocycles. The maximum Gasteiger partial charge on any atom is 0.158 e. The first kappa shape index (κ1) is 9.66. The summed E-state index contributed by atoms with van der Waals surface area (Å²) in [6, 6.07) is 9.91. The minimum Gasteiger partial charge on any atom is -0.323 e. The van der Waals surface area contributed by atoms with Crippen LogP contribution in [0.5, 0.6) is 0 Å². The van der Waals surface area contributed by atoms with Crippen LogP contribution in [0.1, 0.15) is 11.1 Å². The molecular formula is C12H11NO2S. The molecule has 3 nitrogen and oxygen atoms in total. The zero-order valence-electron chi connectivity index (χ0n) is 8.63. The molecule has 0 bridgehead atoms. The Hall–Kier alpha value is -1.55. The fraction of sp³-hybridized carbons (Fsp3) is 0.167. The minimum atomic E-state index is -2.87. The zero-order valence-corrected chi connectivity index (χ0v) is 9.44. The summed E-state index contributed by atoms with van der Waals surface area (Å²) < 4.78 is 24.8. The molecule has 16 heavy (non-hydrogen) atoms. The summed E-state index contributed by atoms with van der Waals surface area (Å²) in [6.07, 6.45) is 3.82. The lowest BCUT2D eigenvalue weighted by atomic mass is 10.2. The van der Waals surface area contributed by atoms with Crippen molar-refractivity contribution in [3.63, 3.8) is 0 Å². The molecule has 0 N–H and O–H groups in total. The van der Waals surface area contributed by atoms with Crippen molar-refractivity contribution in [1.82, 2.24) is 4.57 Å². The smallest absolute Gasteiger partial charge is 0.158 e. The van der Waals surface area contributed by atoms with E-state index in [1.54, 1.807) is 0 Å². The van der Waals surface area contributed by atoms with E-state index in [-0.39, 0.29) is 11.5 Å². The number of aromatic nitrogens is 1. The number of sulfone groups is 1. The van der Waals surface area contributed by atoms with E-state index in [0.29, 0.717) is 0 Å². The van der Waals surface area contributed by atoms with Crippen molar-refractivity contribution >= 4 is 9.84 Å². The van der Waals surface area contributed by atoms with E-state index in [1.165, 1.54) is 0 Å². The van der Waals surface area contributed by atoms with Crippen molar-refractivity contribution in [2.75, 3.05) is 0 Å². The Morgan fingerprint density at radius 1 is 0.938 bits per heavy atom. The van der Waals surface area contributed by atoms with E-state index < -0.39 is 9.84 Å². The highest BCUT2D eigenvalue weighted by molar-refractivity contribution is 7.90. The Morgan fingerprint density at radius 3 is 2.06 bits per heavy atom. The minimum absolute atomic E-state index is 0.183. The summed E-state index contributed by atoms with van der Waals surface area (Å²) >= 11 is 0.